The minimum absolute atomic E-state index is 0.0787. The van der Waals surface area contributed by atoms with Crippen LogP contribution in [0.4, 0.5) is 0 Å². The molecule has 0 aliphatic carbocycles. The first kappa shape index (κ1) is 15.5. The summed E-state index contributed by atoms with van der Waals surface area (Å²) in [4.78, 5) is 0. The van der Waals surface area contributed by atoms with Gasteiger partial charge in [-0.3, -0.25) is 0 Å². The van der Waals surface area contributed by atoms with Gasteiger partial charge < -0.3 is 10.1 Å². The maximum absolute atomic E-state index is 6.25. The normalized spacial score (nSPS) is 13.6. The van der Waals surface area contributed by atoms with Crippen molar-refractivity contribution in [1.82, 2.24) is 5.32 Å². The van der Waals surface area contributed by atoms with Crippen molar-refractivity contribution in [1.29, 1.82) is 0 Å². The molecular weight excluding hydrogens is 246 g/mol. The molecule has 0 aromatic heterocycles. The van der Waals surface area contributed by atoms with Gasteiger partial charge >= 0.3 is 0 Å². The highest BCUT2D eigenvalue weighted by molar-refractivity contribution is 6.31. The summed E-state index contributed by atoms with van der Waals surface area (Å²) in [6, 6.07) is 8.05. The molecule has 0 heterocycles. The zero-order valence-electron chi connectivity index (χ0n) is 11.8. The highest BCUT2D eigenvalue weighted by Crippen LogP contribution is 2.27. The van der Waals surface area contributed by atoms with Crippen LogP contribution in [0.3, 0.4) is 0 Å². The van der Waals surface area contributed by atoms with Crippen LogP contribution in [-0.4, -0.2) is 25.8 Å². The fraction of sp³-hybridized carbons (Fsp3) is 0.600. The maximum atomic E-state index is 6.25. The summed E-state index contributed by atoms with van der Waals surface area (Å²) in [5, 5.41) is 4.07. The van der Waals surface area contributed by atoms with Crippen molar-refractivity contribution in [2.75, 3.05) is 20.2 Å². The van der Waals surface area contributed by atoms with Crippen molar-refractivity contribution in [3.63, 3.8) is 0 Å². The lowest BCUT2D eigenvalue weighted by atomic mass is 9.96. The summed E-state index contributed by atoms with van der Waals surface area (Å²) >= 11 is 6.25. The smallest absolute Gasteiger partial charge is 0.0598 e. The first-order valence-electron chi connectivity index (χ1n) is 6.47. The molecule has 0 radical (unpaired) electrons. The summed E-state index contributed by atoms with van der Waals surface area (Å²) in [5.74, 6) is 0.394. The number of hydrogen-bond acceptors (Lipinski definition) is 2. The van der Waals surface area contributed by atoms with Crippen molar-refractivity contribution in [3.8, 4) is 0 Å². The lowest BCUT2D eigenvalue weighted by Gasteiger charge is -2.23. The SMILES string of the molecule is CNCC(CCOC(C)(C)C)c1ccccc1Cl. The Labute approximate surface area is 116 Å². The highest BCUT2D eigenvalue weighted by Gasteiger charge is 2.16. The molecule has 0 aliphatic rings. The van der Waals surface area contributed by atoms with Crippen LogP contribution in [0.2, 0.25) is 5.02 Å². The molecule has 3 heteroatoms. The van der Waals surface area contributed by atoms with Crippen molar-refractivity contribution in [2.24, 2.45) is 0 Å². The summed E-state index contributed by atoms with van der Waals surface area (Å²) < 4.78 is 5.80. The predicted molar refractivity (Wildman–Crippen MR) is 78.4 cm³/mol. The van der Waals surface area contributed by atoms with Crippen LogP contribution in [0.25, 0.3) is 0 Å². The summed E-state index contributed by atoms with van der Waals surface area (Å²) in [6.07, 6.45) is 0.974. The molecule has 1 atom stereocenters. The van der Waals surface area contributed by atoms with Crippen molar-refractivity contribution in [2.45, 2.75) is 38.7 Å². The Kier molecular flexibility index (Phi) is 6.13. The van der Waals surface area contributed by atoms with Crippen molar-refractivity contribution in [3.05, 3.63) is 34.9 Å². The Hall–Kier alpha value is -0.570. The fourth-order valence-corrected chi connectivity index (χ4v) is 2.22. The monoisotopic (exact) mass is 269 g/mol. The molecule has 1 unspecified atom stereocenters. The van der Waals surface area contributed by atoms with Gasteiger partial charge in [0, 0.05) is 18.2 Å². The van der Waals surface area contributed by atoms with Crippen LogP contribution < -0.4 is 5.32 Å². The van der Waals surface area contributed by atoms with E-state index >= 15 is 0 Å². The average molecular weight is 270 g/mol. The molecule has 0 bridgehead atoms. The van der Waals surface area contributed by atoms with Gasteiger partial charge in [0.2, 0.25) is 0 Å². The fourth-order valence-electron chi connectivity index (χ4n) is 1.93. The molecule has 1 aromatic rings. The van der Waals surface area contributed by atoms with Gasteiger partial charge in [0.1, 0.15) is 0 Å². The average Bonchev–Trinajstić information content (AvgIpc) is 2.27. The third-order valence-electron chi connectivity index (χ3n) is 2.80. The van der Waals surface area contributed by atoms with E-state index in [1.54, 1.807) is 0 Å². The standard InChI is InChI=1S/C15H24ClNO/c1-15(2,3)18-10-9-12(11-17-4)13-7-5-6-8-14(13)16/h5-8,12,17H,9-11H2,1-4H3. The molecule has 0 fully saturated rings. The van der Waals surface area contributed by atoms with Crippen LogP contribution in [0, 0.1) is 0 Å². The van der Waals surface area contributed by atoms with Gasteiger partial charge in [0.05, 0.1) is 5.60 Å². The van der Waals surface area contributed by atoms with E-state index in [2.05, 4.69) is 32.2 Å². The molecule has 18 heavy (non-hydrogen) atoms. The van der Waals surface area contributed by atoms with E-state index < -0.39 is 0 Å². The van der Waals surface area contributed by atoms with Crippen molar-refractivity contribution < 1.29 is 4.74 Å². The molecule has 2 nitrogen and oxygen atoms in total. The van der Waals surface area contributed by atoms with Gasteiger partial charge in [0.15, 0.2) is 0 Å². The molecule has 1 rings (SSSR count). The van der Waals surface area contributed by atoms with E-state index in [1.165, 1.54) is 5.56 Å². The molecule has 1 aromatic carbocycles. The molecule has 0 saturated carbocycles. The predicted octanol–water partition coefficient (Wildman–Crippen LogP) is 3.85. The summed E-state index contributed by atoms with van der Waals surface area (Å²) in [7, 11) is 1.97. The maximum Gasteiger partial charge on any atom is 0.0598 e. The van der Waals surface area contributed by atoms with E-state index in [0.29, 0.717) is 5.92 Å². The Bertz CT molecular complexity index is 360. The lowest BCUT2D eigenvalue weighted by molar-refractivity contribution is -0.00618. The summed E-state index contributed by atoms with van der Waals surface area (Å²) in [5.41, 5.74) is 1.12. The lowest BCUT2D eigenvalue weighted by Crippen LogP contribution is -2.23. The van der Waals surface area contributed by atoms with Crippen LogP contribution in [0.15, 0.2) is 24.3 Å². The number of halogens is 1. The number of nitrogens with one attached hydrogen (secondary N) is 1. The molecule has 0 amide bonds. The summed E-state index contributed by atoms with van der Waals surface area (Å²) in [6.45, 7) is 7.90. The molecule has 0 aliphatic heterocycles. The molecular formula is C15H24ClNO. The minimum atomic E-state index is -0.0787. The highest BCUT2D eigenvalue weighted by atomic mass is 35.5. The number of benzene rings is 1. The van der Waals surface area contributed by atoms with Crippen LogP contribution in [-0.2, 0) is 4.74 Å². The van der Waals surface area contributed by atoms with Gasteiger partial charge in [-0.25, -0.2) is 0 Å². The van der Waals surface area contributed by atoms with Gasteiger partial charge in [-0.05, 0) is 51.8 Å². The number of likely N-dealkylation sites (N-methyl/N-ethyl adjacent to an activating group) is 1. The third-order valence-corrected chi connectivity index (χ3v) is 3.14. The van der Waals surface area contributed by atoms with Crippen LogP contribution in [0.5, 0.6) is 0 Å². The van der Waals surface area contributed by atoms with E-state index in [9.17, 15) is 0 Å². The molecule has 0 spiro atoms. The van der Waals surface area contributed by atoms with Crippen molar-refractivity contribution >= 4 is 11.6 Å². The van der Waals surface area contributed by atoms with E-state index in [-0.39, 0.29) is 5.60 Å². The van der Waals surface area contributed by atoms with E-state index in [4.69, 9.17) is 16.3 Å². The first-order chi connectivity index (χ1) is 8.44. The second-order valence-corrected chi connectivity index (χ2v) is 5.93. The number of hydrogen-bond donors (Lipinski definition) is 1. The zero-order valence-corrected chi connectivity index (χ0v) is 12.6. The zero-order chi connectivity index (χ0) is 13.6. The van der Waals surface area contributed by atoms with E-state index in [1.807, 2.05) is 25.2 Å². The number of rotatable bonds is 6. The quantitative estimate of drug-likeness (QED) is 0.847. The van der Waals surface area contributed by atoms with Gasteiger partial charge in [0.25, 0.3) is 0 Å². The first-order valence-corrected chi connectivity index (χ1v) is 6.85. The van der Waals surface area contributed by atoms with Gasteiger partial charge in [-0.15, -0.1) is 0 Å². The second kappa shape index (κ2) is 7.13. The molecule has 102 valence electrons. The van der Waals surface area contributed by atoms with Gasteiger partial charge in [-0.1, -0.05) is 29.8 Å². The van der Waals surface area contributed by atoms with Gasteiger partial charge in [-0.2, -0.15) is 0 Å². The second-order valence-electron chi connectivity index (χ2n) is 5.53. The topological polar surface area (TPSA) is 21.3 Å². The van der Waals surface area contributed by atoms with Crippen LogP contribution >= 0.6 is 11.6 Å². The minimum Gasteiger partial charge on any atom is -0.376 e. The number of ether oxygens (including phenoxy) is 1. The largest absolute Gasteiger partial charge is 0.376 e. The Morgan fingerprint density at radius 2 is 1.94 bits per heavy atom. The van der Waals surface area contributed by atoms with Crippen LogP contribution in [0.1, 0.15) is 38.7 Å². The molecule has 1 N–H and O–H groups in total. The Balaban J connectivity index is 2.63. The Morgan fingerprint density at radius 1 is 1.28 bits per heavy atom. The van der Waals surface area contributed by atoms with E-state index in [0.717, 1.165) is 24.6 Å². The Morgan fingerprint density at radius 3 is 2.50 bits per heavy atom. The molecule has 0 saturated heterocycles. The third kappa shape index (κ3) is 5.38.